The van der Waals surface area contributed by atoms with E-state index in [1.54, 1.807) is 11.3 Å². The van der Waals surface area contributed by atoms with Crippen LogP contribution in [0.5, 0.6) is 0 Å². The van der Waals surface area contributed by atoms with Gasteiger partial charge in [0.1, 0.15) is 0 Å². The Balaban J connectivity index is 2.27. The summed E-state index contributed by atoms with van der Waals surface area (Å²) in [4.78, 5) is 4.44. The number of thiazole rings is 1. The zero-order chi connectivity index (χ0) is 9.97. The second-order valence-electron chi connectivity index (χ2n) is 3.09. The maximum absolute atomic E-state index is 9.46. The highest BCUT2D eigenvalue weighted by atomic mass is 79.9. The van der Waals surface area contributed by atoms with Crippen molar-refractivity contribution in [1.82, 2.24) is 4.98 Å². The number of hydrogen-bond acceptors (Lipinski definition) is 3. The van der Waals surface area contributed by atoms with E-state index in [-0.39, 0.29) is 6.10 Å². The molecule has 0 spiro atoms. The number of rotatable bonds is 3. The van der Waals surface area contributed by atoms with Crippen molar-refractivity contribution in [1.29, 1.82) is 0 Å². The summed E-state index contributed by atoms with van der Waals surface area (Å²) in [6.45, 7) is 0. The molecule has 1 heterocycles. The molecule has 1 aromatic heterocycles. The van der Waals surface area contributed by atoms with Gasteiger partial charge < -0.3 is 5.11 Å². The van der Waals surface area contributed by atoms with E-state index in [2.05, 4.69) is 27.0 Å². The third kappa shape index (κ3) is 2.13. The van der Waals surface area contributed by atoms with Crippen molar-refractivity contribution in [3.05, 3.63) is 29.3 Å². The highest BCUT2D eigenvalue weighted by Crippen LogP contribution is 2.22. The quantitative estimate of drug-likeness (QED) is 0.871. The van der Waals surface area contributed by atoms with Crippen LogP contribution in [0.1, 0.15) is 5.01 Å². The van der Waals surface area contributed by atoms with E-state index in [1.807, 2.05) is 18.2 Å². The van der Waals surface area contributed by atoms with E-state index < -0.39 is 0 Å². The lowest BCUT2D eigenvalue weighted by atomic mass is 10.3. The van der Waals surface area contributed by atoms with Crippen LogP contribution < -0.4 is 0 Å². The van der Waals surface area contributed by atoms with Gasteiger partial charge in [0.2, 0.25) is 0 Å². The van der Waals surface area contributed by atoms with E-state index in [9.17, 15) is 5.11 Å². The maximum atomic E-state index is 9.46. The number of para-hydroxylation sites is 1. The first-order chi connectivity index (χ1) is 6.79. The first-order valence-corrected chi connectivity index (χ1v) is 6.32. The number of aliphatic hydroxyl groups excluding tert-OH is 1. The zero-order valence-corrected chi connectivity index (χ0v) is 9.88. The van der Waals surface area contributed by atoms with E-state index in [0.717, 1.165) is 10.5 Å². The van der Waals surface area contributed by atoms with Crippen molar-refractivity contribution in [2.45, 2.75) is 12.5 Å². The van der Waals surface area contributed by atoms with E-state index in [1.165, 1.54) is 4.70 Å². The van der Waals surface area contributed by atoms with Gasteiger partial charge in [-0.15, -0.1) is 11.3 Å². The summed E-state index contributed by atoms with van der Waals surface area (Å²) in [6.07, 6.45) is 0.292. The fourth-order valence-electron chi connectivity index (χ4n) is 1.26. The molecule has 1 unspecified atom stereocenters. The lowest BCUT2D eigenvalue weighted by Gasteiger charge is -2.01. The maximum Gasteiger partial charge on any atom is 0.0964 e. The lowest BCUT2D eigenvalue weighted by Crippen LogP contribution is -2.11. The molecular formula is C10H10BrNOS. The van der Waals surface area contributed by atoms with Crippen molar-refractivity contribution in [3.8, 4) is 0 Å². The molecule has 0 saturated heterocycles. The number of hydrogen-bond donors (Lipinski definition) is 1. The summed E-state index contributed by atoms with van der Waals surface area (Å²) in [5, 5.41) is 11.1. The molecule has 1 aromatic carbocycles. The van der Waals surface area contributed by atoms with Gasteiger partial charge in [-0.3, -0.25) is 0 Å². The Morgan fingerprint density at radius 3 is 2.93 bits per heavy atom. The summed E-state index contributed by atoms with van der Waals surface area (Å²) in [6, 6.07) is 8.03. The Kier molecular flexibility index (Phi) is 3.15. The molecular weight excluding hydrogens is 262 g/mol. The number of alkyl halides is 1. The number of aromatic nitrogens is 1. The number of nitrogens with zero attached hydrogens (tertiary/aromatic N) is 1. The second-order valence-corrected chi connectivity index (χ2v) is 4.85. The fraction of sp³-hybridized carbons (Fsp3) is 0.300. The fourth-order valence-corrected chi connectivity index (χ4v) is 2.53. The smallest absolute Gasteiger partial charge is 0.0964 e. The van der Waals surface area contributed by atoms with E-state index in [0.29, 0.717) is 11.8 Å². The Morgan fingerprint density at radius 2 is 2.21 bits per heavy atom. The Hall–Kier alpha value is -0.450. The van der Waals surface area contributed by atoms with Crippen molar-refractivity contribution in [2.24, 2.45) is 0 Å². The zero-order valence-electron chi connectivity index (χ0n) is 7.48. The van der Waals surface area contributed by atoms with Crippen LogP contribution in [-0.2, 0) is 6.42 Å². The Morgan fingerprint density at radius 1 is 1.43 bits per heavy atom. The highest BCUT2D eigenvalue weighted by Gasteiger charge is 2.08. The van der Waals surface area contributed by atoms with Crippen molar-refractivity contribution in [3.63, 3.8) is 0 Å². The van der Waals surface area contributed by atoms with Crippen molar-refractivity contribution in [2.75, 3.05) is 5.33 Å². The van der Waals surface area contributed by atoms with Crippen molar-refractivity contribution >= 4 is 37.5 Å². The summed E-state index contributed by atoms with van der Waals surface area (Å²) >= 11 is 4.89. The summed E-state index contributed by atoms with van der Waals surface area (Å²) < 4.78 is 1.18. The highest BCUT2D eigenvalue weighted by molar-refractivity contribution is 9.09. The van der Waals surface area contributed by atoms with Crippen LogP contribution in [0, 0.1) is 0 Å². The number of fused-ring (bicyclic) bond motifs is 1. The number of benzene rings is 1. The van der Waals surface area contributed by atoms with Gasteiger partial charge in [-0.1, -0.05) is 28.1 Å². The molecule has 0 aliphatic carbocycles. The van der Waals surface area contributed by atoms with Crippen molar-refractivity contribution < 1.29 is 5.11 Å². The first-order valence-electron chi connectivity index (χ1n) is 4.38. The number of halogens is 1. The molecule has 2 nitrogen and oxygen atoms in total. The molecule has 0 radical (unpaired) electrons. The number of aliphatic hydroxyl groups is 1. The Bertz CT molecular complexity index is 396. The van der Waals surface area contributed by atoms with Crippen LogP contribution in [0.2, 0.25) is 0 Å². The summed E-state index contributed by atoms with van der Waals surface area (Å²) in [5.74, 6) is 0. The molecule has 0 fully saturated rings. The minimum atomic E-state index is -0.337. The molecule has 74 valence electrons. The second kappa shape index (κ2) is 4.38. The van der Waals surface area contributed by atoms with Crippen LogP contribution >= 0.6 is 27.3 Å². The molecule has 4 heteroatoms. The standard InChI is InChI=1S/C10H10BrNOS/c11-6-7(13)5-10-12-8-3-1-2-4-9(8)14-10/h1-4,7,13H,5-6H2. The van der Waals surface area contributed by atoms with Gasteiger partial charge in [0, 0.05) is 11.8 Å². The molecule has 0 amide bonds. The topological polar surface area (TPSA) is 33.1 Å². The monoisotopic (exact) mass is 271 g/mol. The summed E-state index contributed by atoms with van der Waals surface area (Å²) in [5.41, 5.74) is 1.02. The lowest BCUT2D eigenvalue weighted by molar-refractivity contribution is 0.201. The van der Waals surface area contributed by atoms with E-state index in [4.69, 9.17) is 0 Å². The SMILES string of the molecule is OC(CBr)Cc1nc2ccccc2s1. The van der Waals surface area contributed by atoms with Crippen LogP contribution in [0.15, 0.2) is 24.3 Å². The minimum absolute atomic E-state index is 0.337. The summed E-state index contributed by atoms with van der Waals surface area (Å²) in [7, 11) is 0. The third-order valence-corrected chi connectivity index (χ3v) is 3.73. The van der Waals surface area contributed by atoms with Gasteiger partial charge in [0.25, 0.3) is 0 Å². The van der Waals surface area contributed by atoms with Gasteiger partial charge in [0.15, 0.2) is 0 Å². The molecule has 0 aliphatic rings. The van der Waals surface area contributed by atoms with Crippen LogP contribution in [-0.4, -0.2) is 21.5 Å². The normalized spacial score (nSPS) is 13.3. The van der Waals surface area contributed by atoms with Gasteiger partial charge in [-0.2, -0.15) is 0 Å². The third-order valence-electron chi connectivity index (χ3n) is 1.93. The Labute approximate surface area is 94.7 Å². The molecule has 0 bridgehead atoms. The first kappa shape index (κ1) is 10.1. The van der Waals surface area contributed by atoms with E-state index >= 15 is 0 Å². The average molecular weight is 272 g/mol. The minimum Gasteiger partial charge on any atom is -0.392 e. The van der Waals surface area contributed by atoms with Crippen LogP contribution in [0.3, 0.4) is 0 Å². The molecule has 0 saturated carbocycles. The predicted molar refractivity (Wildman–Crippen MR) is 63.1 cm³/mol. The van der Waals surface area contributed by atoms with Gasteiger partial charge >= 0.3 is 0 Å². The largest absolute Gasteiger partial charge is 0.392 e. The van der Waals surface area contributed by atoms with Crippen LogP contribution in [0.25, 0.3) is 10.2 Å². The molecule has 2 rings (SSSR count). The van der Waals surface area contributed by atoms with Gasteiger partial charge in [-0.25, -0.2) is 4.98 Å². The molecule has 0 aliphatic heterocycles. The molecule has 1 atom stereocenters. The average Bonchev–Trinajstić information content (AvgIpc) is 2.59. The van der Waals surface area contributed by atoms with Gasteiger partial charge in [0.05, 0.1) is 21.3 Å². The molecule has 14 heavy (non-hydrogen) atoms. The van der Waals surface area contributed by atoms with Crippen LogP contribution in [0.4, 0.5) is 0 Å². The molecule has 1 N–H and O–H groups in total. The van der Waals surface area contributed by atoms with Gasteiger partial charge in [-0.05, 0) is 12.1 Å². The predicted octanol–water partition coefficient (Wildman–Crippen LogP) is 2.59. The molecule has 2 aromatic rings.